The van der Waals surface area contributed by atoms with Gasteiger partial charge in [-0.25, -0.2) is 0 Å². The minimum atomic E-state index is 0. The van der Waals surface area contributed by atoms with E-state index >= 15 is 0 Å². The van der Waals surface area contributed by atoms with Crippen LogP contribution in [0.25, 0.3) is 0 Å². The van der Waals surface area contributed by atoms with E-state index in [1.54, 1.807) is 14.0 Å². The first-order valence-corrected chi connectivity index (χ1v) is 3.88. The van der Waals surface area contributed by atoms with E-state index in [2.05, 4.69) is 31.0 Å². The fourth-order valence-corrected chi connectivity index (χ4v) is 0.392. The molecule has 67 valence electrons. The van der Waals surface area contributed by atoms with E-state index in [4.69, 9.17) is 12.2 Å². The molecule has 0 heterocycles. The zero-order valence-electron chi connectivity index (χ0n) is 7.81. The van der Waals surface area contributed by atoms with Crippen LogP contribution in [0.1, 0.15) is 19.8 Å². The average molecular weight is 258 g/mol. The predicted octanol–water partition coefficient (Wildman–Crippen LogP) is 1.99. The Morgan fingerprint density at radius 3 is 2.25 bits per heavy atom. The summed E-state index contributed by atoms with van der Waals surface area (Å²) in [7, 11) is 1.80. The molecule has 1 N–H and O–H groups in total. The molecule has 3 heteroatoms. The molecule has 0 aliphatic rings. The zero-order valence-corrected chi connectivity index (χ0v) is 11.5. The van der Waals surface area contributed by atoms with Crippen molar-refractivity contribution in [2.45, 2.75) is 19.8 Å². The summed E-state index contributed by atoms with van der Waals surface area (Å²) in [6.45, 7) is 8.57. The molecule has 0 aromatic rings. The molecule has 0 saturated carbocycles. The van der Waals surface area contributed by atoms with Crippen LogP contribution < -0.4 is 5.32 Å². The van der Waals surface area contributed by atoms with Gasteiger partial charge in [0, 0.05) is 39.8 Å². The van der Waals surface area contributed by atoms with E-state index in [0.717, 1.165) is 4.99 Å². The van der Waals surface area contributed by atoms with Crippen molar-refractivity contribution >= 4 is 17.2 Å². The quantitative estimate of drug-likeness (QED) is 0.438. The number of rotatable bonds is 1. The Hall–Kier alpha value is 0.554. The molecule has 0 spiro atoms. The van der Waals surface area contributed by atoms with Gasteiger partial charge in [-0.2, -0.15) is 6.92 Å². The molecule has 0 amide bonds. The normalized spacial score (nSPS) is 6.00. The molecule has 0 unspecified atom stereocenters. The summed E-state index contributed by atoms with van der Waals surface area (Å²) >= 11 is 4.83. The van der Waals surface area contributed by atoms with Crippen LogP contribution in [0.2, 0.25) is 0 Å². The Balaban J connectivity index is -0.000000249. The smallest absolute Gasteiger partial charge is 0.0871 e. The summed E-state index contributed by atoms with van der Waals surface area (Å²) in [6.07, 6.45) is 1.31. The van der Waals surface area contributed by atoms with Crippen molar-refractivity contribution in [3.8, 4) is 11.8 Å². The third-order valence-corrected chi connectivity index (χ3v) is 1.13. The van der Waals surface area contributed by atoms with Gasteiger partial charge in [0.1, 0.15) is 0 Å². The maximum Gasteiger partial charge on any atom is 0.0871 e. The summed E-state index contributed by atoms with van der Waals surface area (Å²) in [5, 5.41) is 2.83. The molecule has 0 atom stereocenters. The SMILES string of the molecule is [CH2-]C.[CH2-]CC#CCC(=S)NC.[Y]. The molecule has 0 bridgehead atoms. The zero-order chi connectivity index (χ0) is 9.11. The van der Waals surface area contributed by atoms with E-state index in [0.29, 0.717) is 12.8 Å². The summed E-state index contributed by atoms with van der Waals surface area (Å²) in [5.74, 6) is 5.69. The van der Waals surface area contributed by atoms with E-state index in [-0.39, 0.29) is 32.7 Å². The van der Waals surface area contributed by atoms with Gasteiger partial charge in [0.15, 0.2) is 0 Å². The molecule has 0 aliphatic carbocycles. The van der Waals surface area contributed by atoms with Crippen LogP contribution in [-0.2, 0) is 32.7 Å². The topological polar surface area (TPSA) is 12.0 Å². The van der Waals surface area contributed by atoms with Gasteiger partial charge in [0.25, 0.3) is 0 Å². The van der Waals surface area contributed by atoms with Gasteiger partial charge in [-0.15, -0.1) is 12.3 Å². The number of thiocarbonyl (C=S) groups is 1. The molecule has 0 aromatic carbocycles. The Bertz CT molecular complexity index is 146. The van der Waals surface area contributed by atoms with Crippen LogP contribution in [0.4, 0.5) is 0 Å². The molecule has 0 aliphatic heterocycles. The van der Waals surface area contributed by atoms with Gasteiger partial charge in [-0.05, 0) is 0 Å². The first-order chi connectivity index (χ1) is 5.31. The first kappa shape index (κ1) is 18.4. The molecule has 0 saturated heterocycles. The van der Waals surface area contributed by atoms with Gasteiger partial charge < -0.3 is 19.2 Å². The van der Waals surface area contributed by atoms with Crippen molar-refractivity contribution in [1.82, 2.24) is 5.32 Å². The van der Waals surface area contributed by atoms with Gasteiger partial charge >= 0.3 is 0 Å². The van der Waals surface area contributed by atoms with Crippen molar-refractivity contribution in [3.63, 3.8) is 0 Å². The molecular weight excluding hydrogens is 243 g/mol. The molecule has 1 nitrogen and oxygen atoms in total. The van der Waals surface area contributed by atoms with Crippen molar-refractivity contribution in [2.24, 2.45) is 0 Å². The Labute approximate surface area is 107 Å². The van der Waals surface area contributed by atoms with Crippen LogP contribution in [0.5, 0.6) is 0 Å². The molecular formula is C9H15NSY-2. The summed E-state index contributed by atoms with van der Waals surface area (Å²) < 4.78 is 0. The van der Waals surface area contributed by atoms with Gasteiger partial charge in [0.2, 0.25) is 0 Å². The summed E-state index contributed by atoms with van der Waals surface area (Å²) in [5.41, 5.74) is 0. The van der Waals surface area contributed by atoms with Crippen molar-refractivity contribution < 1.29 is 32.7 Å². The third-order valence-electron chi connectivity index (χ3n) is 0.778. The standard InChI is InChI=1S/C7H10NS.C2H5.Y/c1-3-4-5-6-7(9)8-2;1-2;/h1,3,6H2,2H3,(H,8,9);1H2,2H3;/q2*-1;. The maximum atomic E-state index is 4.83. The van der Waals surface area contributed by atoms with E-state index in [1.807, 2.05) is 0 Å². The number of nitrogens with one attached hydrogen (secondary N) is 1. The van der Waals surface area contributed by atoms with Gasteiger partial charge in [-0.3, -0.25) is 0 Å². The van der Waals surface area contributed by atoms with E-state index < -0.39 is 0 Å². The Morgan fingerprint density at radius 2 is 1.92 bits per heavy atom. The van der Waals surface area contributed by atoms with Crippen LogP contribution >= 0.6 is 12.2 Å². The molecule has 1 radical (unpaired) electrons. The van der Waals surface area contributed by atoms with Gasteiger partial charge in [-0.1, -0.05) is 18.1 Å². The van der Waals surface area contributed by atoms with Crippen LogP contribution in [0.15, 0.2) is 0 Å². The Kier molecular flexibility index (Phi) is 26.9. The molecule has 0 fully saturated rings. The third kappa shape index (κ3) is 16.9. The van der Waals surface area contributed by atoms with Crippen LogP contribution in [-0.4, -0.2) is 12.0 Å². The summed E-state index contributed by atoms with van der Waals surface area (Å²) in [4.78, 5) is 0.788. The Morgan fingerprint density at radius 1 is 1.42 bits per heavy atom. The fraction of sp³-hybridized carbons (Fsp3) is 0.444. The molecule has 12 heavy (non-hydrogen) atoms. The van der Waals surface area contributed by atoms with Crippen molar-refractivity contribution in [2.75, 3.05) is 7.05 Å². The minimum absolute atomic E-state index is 0. The second-order valence-corrected chi connectivity index (χ2v) is 1.95. The largest absolute Gasteiger partial charge is 0.382 e. The minimum Gasteiger partial charge on any atom is -0.382 e. The average Bonchev–Trinajstić information content (AvgIpc) is 2.08. The fourth-order valence-electron chi connectivity index (χ4n) is 0.320. The monoisotopic (exact) mass is 258 g/mol. The molecule has 0 rings (SSSR count). The summed E-state index contributed by atoms with van der Waals surface area (Å²) in [6, 6.07) is 0. The van der Waals surface area contributed by atoms with Crippen LogP contribution in [0.3, 0.4) is 0 Å². The first-order valence-electron chi connectivity index (χ1n) is 3.47. The predicted molar refractivity (Wildman–Crippen MR) is 55.1 cm³/mol. The van der Waals surface area contributed by atoms with Crippen molar-refractivity contribution in [1.29, 1.82) is 0 Å². The maximum absolute atomic E-state index is 4.83. The second-order valence-electron chi connectivity index (χ2n) is 1.45. The number of hydrogen-bond donors (Lipinski definition) is 1. The van der Waals surface area contributed by atoms with Crippen LogP contribution in [0, 0.1) is 25.7 Å². The second kappa shape index (κ2) is 17.6. The molecule has 0 aromatic heterocycles. The van der Waals surface area contributed by atoms with E-state index in [1.165, 1.54) is 0 Å². The van der Waals surface area contributed by atoms with Gasteiger partial charge in [0.05, 0.1) is 11.4 Å². The number of hydrogen-bond acceptors (Lipinski definition) is 1. The van der Waals surface area contributed by atoms with Crippen molar-refractivity contribution in [3.05, 3.63) is 13.8 Å². The van der Waals surface area contributed by atoms with E-state index in [9.17, 15) is 0 Å².